The lowest BCUT2D eigenvalue weighted by Crippen LogP contribution is -2.39. The minimum Gasteiger partial charge on any atom is -0.352 e. The summed E-state index contributed by atoms with van der Waals surface area (Å²) < 4.78 is 5.22. The molecule has 0 saturated carbocycles. The first-order valence-corrected chi connectivity index (χ1v) is 12.6. The van der Waals surface area contributed by atoms with E-state index < -0.39 is 0 Å². The number of fused-ring (bicyclic) bond motifs is 1. The highest BCUT2D eigenvalue weighted by Gasteiger charge is 2.42. The van der Waals surface area contributed by atoms with Gasteiger partial charge in [0.25, 0.3) is 5.91 Å². The van der Waals surface area contributed by atoms with E-state index in [1.807, 2.05) is 24.3 Å². The van der Waals surface area contributed by atoms with Gasteiger partial charge in [0.1, 0.15) is 0 Å². The molecule has 0 saturated heterocycles. The predicted molar refractivity (Wildman–Crippen MR) is 132 cm³/mol. The third-order valence-electron chi connectivity index (χ3n) is 7.00. The summed E-state index contributed by atoms with van der Waals surface area (Å²) in [6.45, 7) is 2.46. The fraction of sp³-hybridized carbons (Fsp3) is 0.250. The Morgan fingerprint density at radius 1 is 0.971 bits per heavy atom. The van der Waals surface area contributed by atoms with Crippen LogP contribution in [-0.2, 0) is 5.75 Å². The normalized spacial score (nSPS) is 20.0. The zero-order valence-corrected chi connectivity index (χ0v) is 19.7. The molecule has 0 radical (unpaired) electrons. The predicted octanol–water partition coefficient (Wildman–Crippen LogP) is 5.70. The van der Waals surface area contributed by atoms with E-state index in [1.165, 1.54) is 34.0 Å². The lowest BCUT2D eigenvalue weighted by atomic mass is 9.59. The summed E-state index contributed by atoms with van der Waals surface area (Å²) in [6, 6.07) is 25.3. The van der Waals surface area contributed by atoms with Crippen LogP contribution in [0.25, 0.3) is 0 Å². The zero-order valence-electron chi connectivity index (χ0n) is 18.9. The van der Waals surface area contributed by atoms with Crippen LogP contribution in [0.1, 0.15) is 62.6 Å². The topological polar surface area (TPSA) is 68.0 Å². The van der Waals surface area contributed by atoms with E-state index in [0.29, 0.717) is 47.3 Å². The van der Waals surface area contributed by atoms with Crippen molar-refractivity contribution in [1.29, 1.82) is 0 Å². The third kappa shape index (κ3) is 3.72. The van der Waals surface area contributed by atoms with Gasteiger partial charge < -0.3 is 9.84 Å². The highest BCUT2D eigenvalue weighted by molar-refractivity contribution is 7.98. The molecule has 3 aliphatic rings. The van der Waals surface area contributed by atoms with Gasteiger partial charge in [0.2, 0.25) is 5.89 Å². The lowest BCUT2D eigenvalue weighted by molar-refractivity contribution is 0.0940. The summed E-state index contributed by atoms with van der Waals surface area (Å²) >= 11 is 1.54. The first-order chi connectivity index (χ1) is 16.7. The number of hydrogen-bond donors (Lipinski definition) is 1. The molecular weight excluding hydrogens is 442 g/mol. The molecule has 170 valence electrons. The molecule has 3 aromatic carbocycles. The van der Waals surface area contributed by atoms with Crippen molar-refractivity contribution in [3.05, 3.63) is 112 Å². The SMILES string of the molecule is Cc1noc(CSc2ccccc2C(=O)NCC2CC3c4ccccc4C2c2ccccc23)n1. The minimum atomic E-state index is -0.0344. The van der Waals surface area contributed by atoms with Gasteiger partial charge in [0, 0.05) is 23.3 Å². The van der Waals surface area contributed by atoms with E-state index in [0.717, 1.165) is 11.3 Å². The van der Waals surface area contributed by atoms with Gasteiger partial charge in [-0.3, -0.25) is 4.79 Å². The number of aromatic nitrogens is 2. The number of aryl methyl sites for hydroxylation is 1. The number of hydrogen-bond acceptors (Lipinski definition) is 5. The Morgan fingerprint density at radius 3 is 2.29 bits per heavy atom. The number of nitrogens with zero attached hydrogens (tertiary/aromatic N) is 2. The molecule has 1 amide bonds. The number of carbonyl (C=O) groups excluding carboxylic acids is 1. The maximum Gasteiger partial charge on any atom is 0.252 e. The van der Waals surface area contributed by atoms with Crippen LogP contribution in [0.4, 0.5) is 0 Å². The van der Waals surface area contributed by atoms with Gasteiger partial charge in [-0.2, -0.15) is 4.98 Å². The summed E-state index contributed by atoms with van der Waals surface area (Å²) in [7, 11) is 0. The molecule has 3 aliphatic carbocycles. The minimum absolute atomic E-state index is 0.0344. The summed E-state index contributed by atoms with van der Waals surface area (Å²) in [5.41, 5.74) is 6.43. The molecule has 7 rings (SSSR count). The van der Waals surface area contributed by atoms with E-state index >= 15 is 0 Å². The Labute approximate surface area is 203 Å². The van der Waals surface area contributed by atoms with Crippen LogP contribution in [0.15, 0.2) is 82.2 Å². The fourth-order valence-corrected chi connectivity index (χ4v) is 6.48. The molecule has 1 N–H and O–H groups in total. The van der Waals surface area contributed by atoms with Gasteiger partial charge in [-0.1, -0.05) is 65.8 Å². The largest absolute Gasteiger partial charge is 0.352 e. The molecule has 0 spiro atoms. The maximum atomic E-state index is 13.2. The highest BCUT2D eigenvalue weighted by Crippen LogP contribution is 2.55. The zero-order chi connectivity index (χ0) is 23.1. The molecule has 0 aliphatic heterocycles. The number of thioether (sulfide) groups is 1. The van der Waals surface area contributed by atoms with Crippen LogP contribution >= 0.6 is 11.8 Å². The molecule has 1 aromatic heterocycles. The van der Waals surface area contributed by atoms with Gasteiger partial charge in [-0.25, -0.2) is 0 Å². The van der Waals surface area contributed by atoms with Gasteiger partial charge in [0.05, 0.1) is 11.3 Å². The molecule has 6 heteroatoms. The second-order valence-electron chi connectivity index (χ2n) is 9.01. The first-order valence-electron chi connectivity index (χ1n) is 11.7. The van der Waals surface area contributed by atoms with Crippen LogP contribution in [0.3, 0.4) is 0 Å². The summed E-state index contributed by atoms with van der Waals surface area (Å²) in [5.74, 6) is 2.78. The average Bonchev–Trinajstić information content (AvgIpc) is 3.31. The Balaban J connectivity index is 1.20. The van der Waals surface area contributed by atoms with Crippen LogP contribution in [0.5, 0.6) is 0 Å². The van der Waals surface area contributed by atoms with Crippen molar-refractivity contribution >= 4 is 17.7 Å². The van der Waals surface area contributed by atoms with Gasteiger partial charge in [-0.05, 0) is 53.6 Å². The van der Waals surface area contributed by atoms with Crippen molar-refractivity contribution < 1.29 is 9.32 Å². The molecule has 1 unspecified atom stereocenters. The molecule has 2 bridgehead atoms. The molecule has 5 nitrogen and oxygen atoms in total. The second kappa shape index (κ2) is 8.76. The number of benzene rings is 3. The number of rotatable bonds is 6. The maximum absolute atomic E-state index is 13.2. The van der Waals surface area contributed by atoms with Gasteiger partial charge >= 0.3 is 0 Å². The van der Waals surface area contributed by atoms with E-state index in [2.05, 4.69) is 64.0 Å². The van der Waals surface area contributed by atoms with Crippen LogP contribution in [0.2, 0.25) is 0 Å². The van der Waals surface area contributed by atoms with Crippen molar-refractivity contribution in [3.63, 3.8) is 0 Å². The van der Waals surface area contributed by atoms with Crippen molar-refractivity contribution in [2.75, 3.05) is 6.54 Å². The standard InChI is InChI=1S/C28H25N3O2S/c1-17-30-26(33-31-17)16-34-25-13-7-6-12-23(25)28(32)29-15-18-14-24-19-8-2-4-10-21(19)27(18)22-11-5-3-9-20(22)24/h2-13,18,24,27H,14-16H2,1H3,(H,29,32). The lowest BCUT2D eigenvalue weighted by Gasteiger charge is -2.45. The van der Waals surface area contributed by atoms with E-state index in [9.17, 15) is 4.79 Å². The Bertz CT molecular complexity index is 1320. The van der Waals surface area contributed by atoms with Crippen LogP contribution < -0.4 is 5.32 Å². The summed E-state index contributed by atoms with van der Waals surface area (Å²) in [4.78, 5) is 18.4. The second-order valence-corrected chi connectivity index (χ2v) is 10.0. The van der Waals surface area contributed by atoms with Crippen molar-refractivity contribution in [3.8, 4) is 0 Å². The number of nitrogens with one attached hydrogen (secondary N) is 1. The summed E-state index contributed by atoms with van der Waals surface area (Å²) in [6.07, 6.45) is 1.06. The van der Waals surface area contributed by atoms with E-state index in [4.69, 9.17) is 4.52 Å². The molecule has 4 aromatic rings. The molecule has 0 fully saturated rings. The Morgan fingerprint density at radius 2 is 1.62 bits per heavy atom. The van der Waals surface area contributed by atoms with Crippen molar-refractivity contribution in [2.45, 2.75) is 35.8 Å². The quantitative estimate of drug-likeness (QED) is 0.369. The van der Waals surface area contributed by atoms with Gasteiger partial charge in [-0.15, -0.1) is 11.8 Å². The monoisotopic (exact) mass is 467 g/mol. The Kier molecular flexibility index (Phi) is 5.46. The molecule has 1 heterocycles. The fourth-order valence-electron chi connectivity index (χ4n) is 5.60. The van der Waals surface area contributed by atoms with Gasteiger partial charge in [0.15, 0.2) is 5.82 Å². The highest BCUT2D eigenvalue weighted by atomic mass is 32.2. The summed E-state index contributed by atoms with van der Waals surface area (Å²) in [5, 5.41) is 7.09. The molecule has 1 atom stereocenters. The molecule has 34 heavy (non-hydrogen) atoms. The third-order valence-corrected chi connectivity index (χ3v) is 8.06. The first kappa shape index (κ1) is 21.2. The van der Waals surface area contributed by atoms with Crippen molar-refractivity contribution in [1.82, 2.24) is 15.5 Å². The van der Waals surface area contributed by atoms with Crippen LogP contribution in [0, 0.1) is 12.8 Å². The number of carbonyl (C=O) groups is 1. The molecular formula is C28H25N3O2S. The number of amides is 1. The van der Waals surface area contributed by atoms with E-state index in [-0.39, 0.29) is 5.91 Å². The average molecular weight is 468 g/mol. The van der Waals surface area contributed by atoms with Crippen molar-refractivity contribution in [2.24, 2.45) is 5.92 Å². The van der Waals surface area contributed by atoms with Crippen LogP contribution in [-0.4, -0.2) is 22.6 Å². The van der Waals surface area contributed by atoms with E-state index in [1.54, 1.807) is 6.92 Å². The smallest absolute Gasteiger partial charge is 0.252 e. The Hall–Kier alpha value is -3.38.